The van der Waals surface area contributed by atoms with Gasteiger partial charge in [0.15, 0.2) is 0 Å². The molecule has 0 unspecified atom stereocenters. The van der Waals surface area contributed by atoms with Crippen molar-refractivity contribution in [2.75, 3.05) is 23.4 Å². The Labute approximate surface area is 181 Å². The first-order valence-electron chi connectivity index (χ1n) is 9.51. The lowest BCUT2D eigenvalue weighted by atomic mass is 10.1. The van der Waals surface area contributed by atoms with E-state index >= 15 is 0 Å². The van der Waals surface area contributed by atoms with Gasteiger partial charge in [0.1, 0.15) is 16.5 Å². The number of pyridine rings is 1. The van der Waals surface area contributed by atoms with Crippen LogP contribution in [0, 0.1) is 0 Å². The Kier molecular flexibility index (Phi) is 4.52. The number of sulfone groups is 1. The van der Waals surface area contributed by atoms with Crippen LogP contribution in [0.25, 0.3) is 21.0 Å². The van der Waals surface area contributed by atoms with E-state index in [1.54, 1.807) is 12.1 Å². The number of fused-ring (bicyclic) bond motifs is 5. The van der Waals surface area contributed by atoms with Crippen LogP contribution in [0.15, 0.2) is 41.7 Å². The molecule has 1 aliphatic heterocycles. The van der Waals surface area contributed by atoms with E-state index in [-0.39, 0.29) is 17.1 Å². The van der Waals surface area contributed by atoms with Crippen LogP contribution in [0.1, 0.15) is 16.6 Å². The third-order valence-corrected chi connectivity index (χ3v) is 6.93. The van der Waals surface area contributed by atoms with Gasteiger partial charge in [-0.2, -0.15) is 0 Å². The highest BCUT2D eigenvalue weighted by molar-refractivity contribution is 7.90. The Morgan fingerprint density at radius 1 is 1.13 bits per heavy atom. The van der Waals surface area contributed by atoms with Crippen molar-refractivity contribution < 1.29 is 13.2 Å². The SMILES string of the molecule is C[C@H]1CNc2c(sc3ccc4nc(Nc5ccnc(S(C)(=O)=O)n5)ccc4c23)C(=O)N1. The van der Waals surface area contributed by atoms with Crippen molar-refractivity contribution in [2.45, 2.75) is 18.1 Å². The van der Waals surface area contributed by atoms with E-state index in [4.69, 9.17) is 0 Å². The van der Waals surface area contributed by atoms with E-state index in [1.165, 1.54) is 17.5 Å². The highest BCUT2D eigenvalue weighted by Gasteiger charge is 2.24. The first-order valence-corrected chi connectivity index (χ1v) is 12.2. The van der Waals surface area contributed by atoms with Crippen LogP contribution in [0.3, 0.4) is 0 Å². The maximum atomic E-state index is 12.6. The van der Waals surface area contributed by atoms with Crippen molar-refractivity contribution in [3.8, 4) is 0 Å². The van der Waals surface area contributed by atoms with Crippen LogP contribution < -0.4 is 16.0 Å². The Morgan fingerprint density at radius 3 is 2.74 bits per heavy atom. The molecule has 4 aromatic rings. The molecule has 4 heterocycles. The molecule has 31 heavy (non-hydrogen) atoms. The van der Waals surface area contributed by atoms with Crippen LogP contribution in [0.5, 0.6) is 0 Å². The minimum absolute atomic E-state index is 0.0377. The van der Waals surface area contributed by atoms with Crippen molar-refractivity contribution >= 4 is 65.4 Å². The summed E-state index contributed by atoms with van der Waals surface area (Å²) in [6.07, 6.45) is 2.44. The summed E-state index contributed by atoms with van der Waals surface area (Å²) in [7, 11) is -3.51. The summed E-state index contributed by atoms with van der Waals surface area (Å²) in [5.74, 6) is 0.782. The molecule has 9 nitrogen and oxygen atoms in total. The van der Waals surface area contributed by atoms with Gasteiger partial charge >= 0.3 is 0 Å². The van der Waals surface area contributed by atoms with Crippen molar-refractivity contribution in [3.05, 3.63) is 41.4 Å². The molecule has 0 saturated heterocycles. The average molecular weight is 455 g/mol. The molecule has 158 valence electrons. The number of carbonyl (C=O) groups is 1. The quantitative estimate of drug-likeness (QED) is 0.404. The second kappa shape index (κ2) is 7.13. The normalized spacial score (nSPS) is 16.5. The maximum absolute atomic E-state index is 12.6. The Morgan fingerprint density at radius 2 is 1.94 bits per heavy atom. The molecule has 11 heteroatoms. The van der Waals surface area contributed by atoms with Gasteiger partial charge in [-0.05, 0) is 37.3 Å². The molecular weight excluding hydrogens is 436 g/mol. The lowest BCUT2D eigenvalue weighted by Gasteiger charge is -2.10. The number of thiophene rings is 1. The number of amides is 1. The first-order chi connectivity index (χ1) is 14.8. The van der Waals surface area contributed by atoms with E-state index in [1.807, 2.05) is 25.1 Å². The number of anilines is 3. The number of hydrogen-bond acceptors (Lipinski definition) is 9. The summed E-state index contributed by atoms with van der Waals surface area (Å²) < 4.78 is 24.4. The predicted molar refractivity (Wildman–Crippen MR) is 121 cm³/mol. The highest BCUT2D eigenvalue weighted by atomic mass is 32.2. The fourth-order valence-electron chi connectivity index (χ4n) is 3.52. The molecule has 3 aromatic heterocycles. The Hall–Kier alpha value is -3.31. The third kappa shape index (κ3) is 3.55. The van der Waals surface area contributed by atoms with E-state index in [0.29, 0.717) is 23.1 Å². The minimum Gasteiger partial charge on any atom is -0.381 e. The molecule has 1 amide bonds. The summed E-state index contributed by atoms with van der Waals surface area (Å²) in [4.78, 5) is 25.7. The van der Waals surface area contributed by atoms with Gasteiger partial charge in [0.05, 0.1) is 11.2 Å². The summed E-state index contributed by atoms with van der Waals surface area (Å²) in [6, 6.07) is 9.21. The molecule has 0 bridgehead atoms. The lowest BCUT2D eigenvalue weighted by molar-refractivity contribution is 0.0949. The fourth-order valence-corrected chi connectivity index (χ4v) is 5.13. The molecule has 1 aromatic carbocycles. The molecule has 0 radical (unpaired) electrons. The van der Waals surface area contributed by atoms with Gasteiger partial charge in [0.25, 0.3) is 5.91 Å². The predicted octanol–water partition coefficient (Wildman–Crippen LogP) is 2.93. The monoisotopic (exact) mass is 454 g/mol. The van der Waals surface area contributed by atoms with Crippen LogP contribution >= 0.6 is 11.3 Å². The number of hydrogen-bond donors (Lipinski definition) is 3. The van der Waals surface area contributed by atoms with Crippen LogP contribution in [-0.2, 0) is 9.84 Å². The first kappa shape index (κ1) is 19.6. The summed E-state index contributed by atoms with van der Waals surface area (Å²) in [5.41, 5.74) is 1.58. The Balaban J connectivity index is 1.57. The number of nitrogens with one attached hydrogen (secondary N) is 3. The van der Waals surface area contributed by atoms with Crippen LogP contribution in [0.4, 0.5) is 17.3 Å². The number of aromatic nitrogens is 3. The molecular formula is C20H18N6O3S2. The average Bonchev–Trinajstić information content (AvgIpc) is 3.04. The van der Waals surface area contributed by atoms with Gasteiger partial charge in [-0.15, -0.1) is 11.3 Å². The van der Waals surface area contributed by atoms with Gasteiger partial charge < -0.3 is 16.0 Å². The number of nitrogens with zero attached hydrogens (tertiary/aromatic N) is 3. The zero-order chi connectivity index (χ0) is 21.8. The second-order valence-electron chi connectivity index (χ2n) is 7.39. The molecule has 3 N–H and O–H groups in total. The van der Waals surface area contributed by atoms with Gasteiger partial charge in [0.2, 0.25) is 15.0 Å². The summed E-state index contributed by atoms with van der Waals surface area (Å²) >= 11 is 1.46. The van der Waals surface area contributed by atoms with E-state index in [2.05, 4.69) is 30.9 Å². The molecule has 1 atom stereocenters. The standard InChI is InChI=1S/C20H18N6O3S2/c1-10-9-22-17-16-11-3-6-14(25-15-7-8-21-20(26-15)31(2,28)29)24-12(11)4-5-13(16)30-18(17)19(27)23-10/h3-8,10,22H,9H2,1-2H3,(H,23,27)(H,21,24,25,26)/t10-/m0/s1. The highest BCUT2D eigenvalue weighted by Crippen LogP contribution is 2.41. The zero-order valence-electron chi connectivity index (χ0n) is 16.6. The third-order valence-electron chi connectivity index (χ3n) is 4.91. The summed E-state index contributed by atoms with van der Waals surface area (Å²) in [6.45, 7) is 2.61. The van der Waals surface area contributed by atoms with E-state index < -0.39 is 9.84 Å². The molecule has 0 fully saturated rings. The maximum Gasteiger partial charge on any atom is 0.263 e. The zero-order valence-corrected chi connectivity index (χ0v) is 18.3. The van der Waals surface area contributed by atoms with Gasteiger partial charge in [-0.1, -0.05) is 0 Å². The van der Waals surface area contributed by atoms with Crippen LogP contribution in [0.2, 0.25) is 0 Å². The van der Waals surface area contributed by atoms with Gasteiger partial charge in [-0.25, -0.2) is 23.4 Å². The second-order valence-corrected chi connectivity index (χ2v) is 10.3. The van der Waals surface area contributed by atoms with Crippen molar-refractivity contribution in [1.29, 1.82) is 0 Å². The lowest BCUT2D eigenvalue weighted by Crippen LogP contribution is -2.34. The van der Waals surface area contributed by atoms with Crippen LogP contribution in [-0.4, -0.2) is 48.1 Å². The van der Waals surface area contributed by atoms with E-state index in [9.17, 15) is 13.2 Å². The van der Waals surface area contributed by atoms with E-state index in [0.717, 1.165) is 32.9 Å². The smallest absolute Gasteiger partial charge is 0.263 e. The van der Waals surface area contributed by atoms with Gasteiger partial charge in [0, 0.05) is 40.5 Å². The molecule has 0 spiro atoms. The Bertz CT molecular complexity index is 1460. The molecule has 1 aliphatic rings. The number of carbonyl (C=O) groups excluding carboxylic acids is 1. The van der Waals surface area contributed by atoms with Gasteiger partial charge in [-0.3, -0.25) is 4.79 Å². The fraction of sp³-hybridized carbons (Fsp3) is 0.200. The topological polar surface area (TPSA) is 126 Å². The minimum atomic E-state index is -3.51. The summed E-state index contributed by atoms with van der Waals surface area (Å²) in [5, 5.41) is 11.1. The number of benzene rings is 1. The largest absolute Gasteiger partial charge is 0.381 e. The molecule has 0 aliphatic carbocycles. The number of rotatable bonds is 3. The van der Waals surface area contributed by atoms with Crippen molar-refractivity contribution in [1.82, 2.24) is 20.3 Å². The van der Waals surface area contributed by atoms with Crippen molar-refractivity contribution in [2.24, 2.45) is 0 Å². The molecule has 0 saturated carbocycles. The molecule has 5 rings (SSSR count). The van der Waals surface area contributed by atoms with Crippen molar-refractivity contribution in [3.63, 3.8) is 0 Å².